The molecule has 3 heterocycles. The van der Waals surface area contributed by atoms with Gasteiger partial charge in [-0.05, 0) is 83.6 Å². The Kier molecular flexibility index (Phi) is 5.07. The van der Waals surface area contributed by atoms with Gasteiger partial charge in [-0.15, -0.1) is 0 Å². The smallest absolute Gasteiger partial charge is 0.137 e. The summed E-state index contributed by atoms with van der Waals surface area (Å²) >= 11 is 0. The second-order valence-electron chi connectivity index (χ2n) is 11.9. The number of benzene rings is 1. The maximum atomic E-state index is 9.41. The predicted octanol–water partition coefficient (Wildman–Crippen LogP) is 6.81. The van der Waals surface area contributed by atoms with E-state index in [4.69, 9.17) is 4.74 Å². The minimum absolute atomic E-state index is 0.103. The lowest BCUT2D eigenvalue weighted by atomic mass is 9.72. The van der Waals surface area contributed by atoms with Gasteiger partial charge in [0.2, 0.25) is 0 Å². The third-order valence-corrected chi connectivity index (χ3v) is 7.97. The van der Waals surface area contributed by atoms with E-state index >= 15 is 0 Å². The fraction of sp³-hybridized carbons (Fsp3) is 0.467. The Morgan fingerprint density at radius 3 is 2.29 bits per heavy atom. The molecule has 0 bridgehead atoms. The van der Waals surface area contributed by atoms with Gasteiger partial charge in [0.25, 0.3) is 0 Å². The number of fused-ring (bicyclic) bond motifs is 1. The molecule has 1 aromatic rings. The van der Waals surface area contributed by atoms with E-state index in [1.807, 2.05) is 24.3 Å². The Morgan fingerprint density at radius 2 is 1.65 bits per heavy atom. The molecule has 0 N–H and O–H groups in total. The number of allylic oxidation sites excluding steroid dienone is 6. The zero-order valence-corrected chi connectivity index (χ0v) is 21.0. The second kappa shape index (κ2) is 7.64. The van der Waals surface area contributed by atoms with E-state index in [9.17, 15) is 10.5 Å². The molecule has 34 heavy (non-hydrogen) atoms. The lowest BCUT2D eigenvalue weighted by Gasteiger charge is -2.46. The third-order valence-electron chi connectivity index (χ3n) is 7.97. The first-order valence-corrected chi connectivity index (χ1v) is 12.3. The zero-order valence-electron chi connectivity index (χ0n) is 21.0. The molecule has 0 atom stereocenters. The summed E-state index contributed by atoms with van der Waals surface area (Å²) in [7, 11) is 0. The number of hydrogen-bond donors (Lipinski definition) is 0. The highest BCUT2D eigenvalue weighted by Crippen LogP contribution is 2.59. The highest BCUT2D eigenvalue weighted by atomic mass is 16.5. The molecule has 174 valence electrons. The van der Waals surface area contributed by atoms with Crippen molar-refractivity contribution in [2.45, 2.75) is 71.1 Å². The van der Waals surface area contributed by atoms with E-state index in [2.05, 4.69) is 57.7 Å². The molecule has 5 rings (SSSR count). The molecule has 4 heteroatoms. The van der Waals surface area contributed by atoms with Crippen LogP contribution in [0, 0.1) is 28.1 Å². The Bertz CT molecular complexity index is 1220. The maximum absolute atomic E-state index is 9.41. The molecule has 0 amide bonds. The van der Waals surface area contributed by atoms with Gasteiger partial charge in [-0.3, -0.25) is 0 Å². The Morgan fingerprint density at radius 1 is 0.971 bits per heavy atom. The van der Waals surface area contributed by atoms with E-state index in [1.165, 1.54) is 54.6 Å². The minimum atomic E-state index is -0.240. The molecule has 0 saturated heterocycles. The van der Waals surface area contributed by atoms with Crippen LogP contribution in [0.3, 0.4) is 0 Å². The number of hydrogen-bond acceptors (Lipinski definition) is 4. The SMILES string of the molecule is CC(C)(C)C1=CC(=C(C#N)C#N)C=C(/C=C/c2cc3c4c(c2)C2(CCN4CCC3(C)C)CC2)O1. The average Bonchev–Trinajstić information content (AvgIpc) is 3.57. The highest BCUT2D eigenvalue weighted by Gasteiger charge is 2.50. The molecule has 0 aromatic heterocycles. The van der Waals surface area contributed by atoms with Crippen LogP contribution in [0.5, 0.6) is 0 Å². The molecule has 3 aliphatic heterocycles. The van der Waals surface area contributed by atoms with Crippen LogP contribution >= 0.6 is 0 Å². The van der Waals surface area contributed by atoms with Crippen LogP contribution in [0.2, 0.25) is 0 Å². The van der Waals surface area contributed by atoms with Crippen LogP contribution < -0.4 is 4.90 Å². The molecule has 1 fully saturated rings. The summed E-state index contributed by atoms with van der Waals surface area (Å²) in [5, 5.41) is 18.8. The van der Waals surface area contributed by atoms with Crippen molar-refractivity contribution in [3.63, 3.8) is 0 Å². The van der Waals surface area contributed by atoms with Crippen molar-refractivity contribution in [1.29, 1.82) is 10.5 Å². The van der Waals surface area contributed by atoms with E-state index < -0.39 is 0 Å². The van der Waals surface area contributed by atoms with E-state index in [-0.39, 0.29) is 16.4 Å². The predicted molar refractivity (Wildman–Crippen MR) is 136 cm³/mol. The van der Waals surface area contributed by atoms with Gasteiger partial charge in [-0.1, -0.05) is 40.7 Å². The molecule has 0 radical (unpaired) electrons. The summed E-state index contributed by atoms with van der Waals surface area (Å²) < 4.78 is 6.21. The molecule has 4 nitrogen and oxygen atoms in total. The first-order chi connectivity index (χ1) is 16.1. The average molecular weight is 452 g/mol. The van der Waals surface area contributed by atoms with Crippen molar-refractivity contribution >= 4 is 11.8 Å². The molecule has 4 aliphatic rings. The number of nitriles is 2. The first-order valence-electron chi connectivity index (χ1n) is 12.3. The van der Waals surface area contributed by atoms with E-state index in [0.717, 1.165) is 12.3 Å². The van der Waals surface area contributed by atoms with Crippen molar-refractivity contribution in [2.24, 2.45) is 5.41 Å². The van der Waals surface area contributed by atoms with E-state index in [0.29, 0.717) is 16.7 Å². The van der Waals surface area contributed by atoms with Gasteiger partial charge in [-0.2, -0.15) is 10.5 Å². The first kappa shape index (κ1) is 22.5. The van der Waals surface area contributed by atoms with Gasteiger partial charge in [0.05, 0.1) is 0 Å². The summed E-state index contributed by atoms with van der Waals surface area (Å²) in [6.45, 7) is 13.3. The summed E-state index contributed by atoms with van der Waals surface area (Å²) in [5.41, 5.74) is 6.70. The quantitative estimate of drug-likeness (QED) is 0.463. The summed E-state index contributed by atoms with van der Waals surface area (Å²) in [6, 6.07) is 8.79. The fourth-order valence-electron chi connectivity index (χ4n) is 5.50. The number of rotatable bonds is 2. The standard InChI is InChI=1S/C30H33N3O/c1-28(2,3)26-17-21(22(18-31)19-32)16-23(34-26)7-6-20-14-24-27-25(15-20)30(8-9-30)11-13-33(27)12-10-29(24,4)5/h6-7,14-17H,8-13H2,1-5H3/b7-6+. The molecular formula is C30H33N3O. The summed E-state index contributed by atoms with van der Waals surface area (Å²) in [6.07, 6.45) is 12.8. The van der Waals surface area contributed by atoms with Crippen LogP contribution in [0.1, 0.15) is 77.0 Å². The van der Waals surface area contributed by atoms with Crippen LogP contribution in [0.4, 0.5) is 5.69 Å². The Balaban J connectivity index is 1.56. The van der Waals surface area contributed by atoms with Crippen molar-refractivity contribution < 1.29 is 4.74 Å². The topological polar surface area (TPSA) is 60.0 Å². The van der Waals surface area contributed by atoms with Gasteiger partial charge < -0.3 is 9.64 Å². The summed E-state index contributed by atoms with van der Waals surface area (Å²) in [4.78, 5) is 2.61. The summed E-state index contributed by atoms with van der Waals surface area (Å²) in [5.74, 6) is 1.40. The van der Waals surface area contributed by atoms with Crippen molar-refractivity contribution in [3.8, 4) is 12.1 Å². The molecule has 1 spiro atoms. The van der Waals surface area contributed by atoms with Crippen LogP contribution in [0.25, 0.3) is 6.08 Å². The largest absolute Gasteiger partial charge is 0.461 e. The van der Waals surface area contributed by atoms with E-state index in [1.54, 1.807) is 6.08 Å². The third kappa shape index (κ3) is 3.76. The Hall–Kier alpha value is -3.24. The molecule has 1 saturated carbocycles. The normalized spacial score (nSPS) is 21.7. The van der Waals surface area contributed by atoms with Crippen molar-refractivity contribution in [1.82, 2.24) is 0 Å². The van der Waals surface area contributed by atoms with Crippen LogP contribution in [-0.2, 0) is 15.6 Å². The molecule has 1 aromatic carbocycles. The molecule has 1 aliphatic carbocycles. The fourth-order valence-corrected chi connectivity index (χ4v) is 5.50. The number of nitrogens with zero attached hydrogens (tertiary/aromatic N) is 3. The molecular weight excluding hydrogens is 418 g/mol. The number of anilines is 1. The van der Waals surface area contributed by atoms with Gasteiger partial charge in [-0.25, -0.2) is 0 Å². The minimum Gasteiger partial charge on any atom is -0.461 e. The monoisotopic (exact) mass is 451 g/mol. The second-order valence-corrected chi connectivity index (χ2v) is 11.9. The van der Waals surface area contributed by atoms with Crippen molar-refractivity contribution in [3.05, 3.63) is 69.7 Å². The van der Waals surface area contributed by atoms with Crippen LogP contribution in [-0.4, -0.2) is 13.1 Å². The number of ether oxygens (including phenoxy) is 1. The van der Waals surface area contributed by atoms with Gasteiger partial charge in [0, 0.05) is 29.8 Å². The van der Waals surface area contributed by atoms with Gasteiger partial charge >= 0.3 is 0 Å². The zero-order chi connectivity index (χ0) is 24.3. The Labute approximate surface area is 203 Å². The van der Waals surface area contributed by atoms with Crippen LogP contribution in [0.15, 0.2) is 53.0 Å². The lowest BCUT2D eigenvalue weighted by Crippen LogP contribution is -2.43. The van der Waals surface area contributed by atoms with Gasteiger partial charge in [0.15, 0.2) is 0 Å². The maximum Gasteiger partial charge on any atom is 0.137 e. The van der Waals surface area contributed by atoms with Crippen molar-refractivity contribution in [2.75, 3.05) is 18.0 Å². The highest BCUT2D eigenvalue weighted by molar-refractivity contribution is 5.73. The van der Waals surface area contributed by atoms with Gasteiger partial charge in [0.1, 0.15) is 29.2 Å². The molecule has 0 unspecified atom stereocenters. The lowest BCUT2D eigenvalue weighted by molar-refractivity contribution is 0.223.